The molecule has 2 aromatic rings. The lowest BCUT2D eigenvalue weighted by atomic mass is 10.1. The van der Waals surface area contributed by atoms with Crippen LogP contribution in [-0.4, -0.2) is 17.7 Å². The van der Waals surface area contributed by atoms with Crippen molar-refractivity contribution in [1.82, 2.24) is 9.29 Å². The summed E-state index contributed by atoms with van der Waals surface area (Å²) in [4.78, 5) is 3.90. The first-order valence-corrected chi connectivity index (χ1v) is 7.57. The van der Waals surface area contributed by atoms with Gasteiger partial charge in [0, 0.05) is 25.5 Å². The summed E-state index contributed by atoms with van der Waals surface area (Å²) in [6.07, 6.45) is 2.76. The van der Waals surface area contributed by atoms with E-state index in [-0.39, 0.29) is 9.92 Å². The maximum absolute atomic E-state index is 12.5. The Balaban J connectivity index is 1.99. The fourth-order valence-electron chi connectivity index (χ4n) is 2.16. The van der Waals surface area contributed by atoms with Crippen molar-refractivity contribution in [2.24, 2.45) is 0 Å². The molecular weight excluding hydrogens is 284 g/mol. The van der Waals surface area contributed by atoms with E-state index in [1.165, 1.54) is 22.8 Å². The minimum absolute atomic E-state index is 0.0597. The van der Waals surface area contributed by atoms with Gasteiger partial charge in [0.2, 0.25) is 10.0 Å². The molecule has 0 N–H and O–H groups in total. The largest absolute Gasteiger partial charge is 0.263 e. The number of halogens is 1. The summed E-state index contributed by atoms with van der Waals surface area (Å²) in [5.74, 6) is 0. The van der Waals surface area contributed by atoms with Crippen LogP contribution in [0, 0.1) is 0 Å². The third-order valence-electron chi connectivity index (χ3n) is 3.16. The Bertz CT molecular complexity index is 706. The standard InChI is InChI=1S/C13H11ClN2O2S/c14-12-5-6-15-7-13(12)19(17,18)16-8-10-3-1-2-4-11(10)9-16/h1-7H,8-9H2. The average Bonchev–Trinajstić information content (AvgIpc) is 2.83. The molecule has 0 amide bonds. The van der Waals surface area contributed by atoms with Gasteiger partial charge < -0.3 is 0 Å². The molecular formula is C13H11ClN2O2S. The zero-order valence-corrected chi connectivity index (χ0v) is 11.5. The molecule has 1 aliphatic heterocycles. The van der Waals surface area contributed by atoms with Crippen LogP contribution in [0.5, 0.6) is 0 Å². The van der Waals surface area contributed by atoms with E-state index in [2.05, 4.69) is 4.98 Å². The predicted octanol–water partition coefficient (Wildman–Crippen LogP) is 2.44. The smallest absolute Gasteiger partial charge is 0.246 e. The Morgan fingerprint density at radius 2 is 1.74 bits per heavy atom. The topological polar surface area (TPSA) is 50.3 Å². The SMILES string of the molecule is O=S(=O)(c1cnccc1Cl)N1Cc2ccccc2C1. The Kier molecular flexibility index (Phi) is 3.05. The molecule has 0 atom stereocenters. The molecule has 0 unspecified atom stereocenters. The van der Waals surface area contributed by atoms with Crippen LogP contribution in [0.25, 0.3) is 0 Å². The molecule has 0 spiro atoms. The molecule has 6 heteroatoms. The van der Waals surface area contributed by atoms with Crippen molar-refractivity contribution in [2.75, 3.05) is 0 Å². The van der Waals surface area contributed by atoms with E-state index in [0.717, 1.165) is 11.1 Å². The van der Waals surface area contributed by atoms with E-state index in [9.17, 15) is 8.42 Å². The Labute approximate surface area is 116 Å². The van der Waals surface area contributed by atoms with Crippen LogP contribution in [0.2, 0.25) is 5.02 Å². The number of hydrogen-bond donors (Lipinski definition) is 0. The fourth-order valence-corrected chi connectivity index (χ4v) is 3.97. The van der Waals surface area contributed by atoms with Gasteiger partial charge in [-0.2, -0.15) is 4.31 Å². The first-order valence-electron chi connectivity index (χ1n) is 5.75. The van der Waals surface area contributed by atoms with E-state index >= 15 is 0 Å². The van der Waals surface area contributed by atoms with Gasteiger partial charge in [-0.15, -0.1) is 0 Å². The zero-order valence-electron chi connectivity index (χ0n) is 9.95. The van der Waals surface area contributed by atoms with E-state index in [1.54, 1.807) is 0 Å². The molecule has 3 rings (SSSR count). The van der Waals surface area contributed by atoms with Gasteiger partial charge in [0.15, 0.2) is 0 Å². The Morgan fingerprint density at radius 1 is 1.11 bits per heavy atom. The molecule has 0 saturated heterocycles. The van der Waals surface area contributed by atoms with E-state index in [4.69, 9.17) is 11.6 Å². The zero-order chi connectivity index (χ0) is 13.5. The number of nitrogens with zero attached hydrogens (tertiary/aromatic N) is 2. The summed E-state index contributed by atoms with van der Waals surface area (Å²) >= 11 is 5.95. The van der Waals surface area contributed by atoms with Crippen LogP contribution < -0.4 is 0 Å². The van der Waals surface area contributed by atoms with Gasteiger partial charge >= 0.3 is 0 Å². The van der Waals surface area contributed by atoms with Crippen LogP contribution >= 0.6 is 11.6 Å². The van der Waals surface area contributed by atoms with Gasteiger partial charge in [-0.1, -0.05) is 35.9 Å². The average molecular weight is 295 g/mol. The first-order chi connectivity index (χ1) is 9.09. The van der Waals surface area contributed by atoms with Gasteiger partial charge in [0.25, 0.3) is 0 Å². The number of sulfonamides is 1. The summed E-state index contributed by atoms with van der Waals surface area (Å²) in [6.45, 7) is 0.757. The van der Waals surface area contributed by atoms with Gasteiger partial charge in [0.05, 0.1) is 5.02 Å². The summed E-state index contributed by atoms with van der Waals surface area (Å²) in [7, 11) is -3.60. The molecule has 0 bridgehead atoms. The van der Waals surface area contributed by atoms with Crippen LogP contribution in [-0.2, 0) is 23.1 Å². The summed E-state index contributed by atoms with van der Waals surface area (Å²) in [5.41, 5.74) is 2.07. The van der Waals surface area contributed by atoms with Crippen molar-refractivity contribution in [3.63, 3.8) is 0 Å². The van der Waals surface area contributed by atoms with E-state index in [1.807, 2.05) is 24.3 Å². The van der Waals surface area contributed by atoms with Crippen molar-refractivity contribution in [1.29, 1.82) is 0 Å². The normalized spacial score (nSPS) is 15.4. The van der Waals surface area contributed by atoms with Crippen LogP contribution in [0.15, 0.2) is 47.6 Å². The lowest BCUT2D eigenvalue weighted by Crippen LogP contribution is -2.26. The first kappa shape index (κ1) is 12.6. The van der Waals surface area contributed by atoms with Crippen LogP contribution in [0.3, 0.4) is 0 Å². The minimum Gasteiger partial charge on any atom is -0.263 e. The van der Waals surface area contributed by atoms with E-state index < -0.39 is 10.0 Å². The molecule has 0 fully saturated rings. The molecule has 19 heavy (non-hydrogen) atoms. The van der Waals surface area contributed by atoms with Gasteiger partial charge in [-0.3, -0.25) is 4.98 Å². The summed E-state index contributed by atoms with van der Waals surface area (Å²) in [5, 5.41) is 0.200. The second-order valence-electron chi connectivity index (χ2n) is 4.35. The number of benzene rings is 1. The van der Waals surface area contributed by atoms with Gasteiger partial charge in [-0.25, -0.2) is 8.42 Å². The Hall–Kier alpha value is -1.43. The molecule has 1 aromatic heterocycles. The number of pyridine rings is 1. The maximum Gasteiger partial charge on any atom is 0.246 e. The van der Waals surface area contributed by atoms with Crippen molar-refractivity contribution in [3.8, 4) is 0 Å². The quantitative estimate of drug-likeness (QED) is 0.855. The van der Waals surface area contributed by atoms with E-state index in [0.29, 0.717) is 13.1 Å². The highest BCUT2D eigenvalue weighted by Gasteiger charge is 2.31. The van der Waals surface area contributed by atoms with Gasteiger partial charge in [0.1, 0.15) is 4.90 Å². The molecule has 4 nitrogen and oxygen atoms in total. The Morgan fingerprint density at radius 3 is 2.32 bits per heavy atom. The predicted molar refractivity (Wildman–Crippen MR) is 72.1 cm³/mol. The molecule has 0 radical (unpaired) electrons. The highest BCUT2D eigenvalue weighted by molar-refractivity contribution is 7.89. The van der Waals surface area contributed by atoms with Crippen molar-refractivity contribution in [2.45, 2.75) is 18.0 Å². The molecule has 0 aliphatic carbocycles. The fraction of sp³-hybridized carbons (Fsp3) is 0.154. The van der Waals surface area contributed by atoms with Crippen molar-refractivity contribution >= 4 is 21.6 Å². The monoisotopic (exact) mass is 294 g/mol. The third-order valence-corrected chi connectivity index (χ3v) is 5.42. The van der Waals surface area contributed by atoms with Gasteiger partial charge in [-0.05, 0) is 17.2 Å². The highest BCUT2D eigenvalue weighted by Crippen LogP contribution is 2.30. The molecule has 1 aromatic carbocycles. The number of rotatable bonds is 2. The second kappa shape index (κ2) is 4.59. The number of aromatic nitrogens is 1. The molecule has 98 valence electrons. The van der Waals surface area contributed by atoms with Crippen LogP contribution in [0.4, 0.5) is 0 Å². The third kappa shape index (κ3) is 2.14. The number of fused-ring (bicyclic) bond motifs is 1. The highest BCUT2D eigenvalue weighted by atomic mass is 35.5. The minimum atomic E-state index is -3.60. The second-order valence-corrected chi connectivity index (χ2v) is 6.66. The summed E-state index contributed by atoms with van der Waals surface area (Å²) in [6, 6.07) is 9.18. The molecule has 0 saturated carbocycles. The lowest BCUT2D eigenvalue weighted by Gasteiger charge is -2.16. The lowest BCUT2D eigenvalue weighted by molar-refractivity contribution is 0.431. The molecule has 2 heterocycles. The van der Waals surface area contributed by atoms with Crippen molar-refractivity contribution in [3.05, 3.63) is 58.9 Å². The van der Waals surface area contributed by atoms with Crippen molar-refractivity contribution < 1.29 is 8.42 Å². The summed E-state index contributed by atoms with van der Waals surface area (Å²) < 4.78 is 26.5. The van der Waals surface area contributed by atoms with Crippen LogP contribution in [0.1, 0.15) is 11.1 Å². The maximum atomic E-state index is 12.5. The molecule has 1 aliphatic rings. The number of hydrogen-bond acceptors (Lipinski definition) is 3.